The smallest absolute Gasteiger partial charge is 0.410 e. The molecule has 0 fully saturated rings. The van der Waals surface area contributed by atoms with Crippen LogP contribution >= 0.6 is 12.2 Å². The van der Waals surface area contributed by atoms with Gasteiger partial charge in [0.1, 0.15) is 0 Å². The number of amides is 1. The Morgan fingerprint density at radius 3 is 2.45 bits per heavy atom. The summed E-state index contributed by atoms with van der Waals surface area (Å²) in [4.78, 5) is 10.5. The minimum Gasteiger partial charge on any atom is -0.410 e. The second kappa shape index (κ2) is 9.27. The van der Waals surface area contributed by atoms with E-state index in [9.17, 15) is 4.79 Å². The van der Waals surface area contributed by atoms with Crippen LogP contribution in [0.4, 0.5) is 0 Å². The standard InChI is InChI=1S/C4H8N2O2S2.K/c7-2-1-3(8)5-6-4(9)10;/h7H,1-2H2,(H,5,8)(H2,6,9,10);/q;+1/p-1. The molecule has 0 saturated carbocycles. The zero-order chi connectivity index (χ0) is 7.98. The first-order valence-electron chi connectivity index (χ1n) is 2.53. The molecule has 0 aliphatic rings. The number of aliphatic hydroxyl groups excluding tert-OH is 1. The number of hydrogen-bond donors (Lipinski definition) is 3. The molecule has 0 spiro atoms. The summed E-state index contributed by atoms with van der Waals surface area (Å²) >= 11 is 8.85. The summed E-state index contributed by atoms with van der Waals surface area (Å²) in [7, 11) is 0. The van der Waals surface area contributed by atoms with Crippen molar-refractivity contribution >= 4 is 35.1 Å². The minimum absolute atomic E-state index is 0. The summed E-state index contributed by atoms with van der Waals surface area (Å²) in [6.07, 6.45) is 0.0466. The minimum atomic E-state index is -0.338. The third-order valence-corrected chi connectivity index (χ3v) is 0.847. The normalized spacial score (nSPS) is 7.73. The second-order valence-corrected chi connectivity index (χ2v) is 2.51. The Hall–Kier alpha value is 1.18. The Balaban J connectivity index is 0. The van der Waals surface area contributed by atoms with Gasteiger partial charge in [0.05, 0.1) is 13.0 Å². The van der Waals surface area contributed by atoms with E-state index in [0.717, 1.165) is 0 Å². The van der Waals surface area contributed by atoms with Crippen LogP contribution in [-0.2, 0) is 17.4 Å². The number of nitrogens with one attached hydrogen (secondary N) is 2. The van der Waals surface area contributed by atoms with Crippen LogP contribution in [0, 0.1) is 0 Å². The van der Waals surface area contributed by atoms with E-state index in [1.54, 1.807) is 0 Å². The molecule has 0 saturated heterocycles. The van der Waals surface area contributed by atoms with Crippen molar-refractivity contribution in [1.29, 1.82) is 0 Å². The fourth-order valence-corrected chi connectivity index (χ4v) is 0.387. The van der Waals surface area contributed by atoms with Crippen molar-refractivity contribution in [2.45, 2.75) is 6.42 Å². The molecule has 0 unspecified atom stereocenters. The van der Waals surface area contributed by atoms with E-state index < -0.39 is 0 Å². The maximum atomic E-state index is 10.5. The fraction of sp³-hybridized carbons (Fsp3) is 0.500. The molecule has 0 aromatic heterocycles. The van der Waals surface area contributed by atoms with E-state index in [0.29, 0.717) is 0 Å². The van der Waals surface area contributed by atoms with Gasteiger partial charge in [0.2, 0.25) is 5.91 Å². The molecule has 0 aromatic rings. The van der Waals surface area contributed by atoms with Gasteiger partial charge in [-0.15, -0.1) is 0 Å². The number of hydrogen-bond acceptors (Lipinski definition) is 4. The van der Waals surface area contributed by atoms with Crippen molar-refractivity contribution in [3.63, 3.8) is 0 Å². The van der Waals surface area contributed by atoms with Crippen LogP contribution in [0.2, 0.25) is 0 Å². The van der Waals surface area contributed by atoms with Crippen molar-refractivity contribution < 1.29 is 61.3 Å². The molecule has 1 amide bonds. The van der Waals surface area contributed by atoms with Crippen molar-refractivity contribution in [3.8, 4) is 0 Å². The molecule has 0 aromatic carbocycles. The van der Waals surface area contributed by atoms with Crippen molar-refractivity contribution in [2.75, 3.05) is 6.61 Å². The number of rotatable bonds is 2. The first-order chi connectivity index (χ1) is 4.66. The third-order valence-electron chi connectivity index (χ3n) is 0.643. The van der Waals surface area contributed by atoms with Gasteiger partial charge in [-0.25, -0.2) is 0 Å². The van der Waals surface area contributed by atoms with Gasteiger partial charge in [-0.3, -0.25) is 10.2 Å². The van der Waals surface area contributed by atoms with Gasteiger partial charge in [-0.1, -0.05) is 0 Å². The van der Waals surface area contributed by atoms with Gasteiger partial charge in [-0.05, 0) is 4.32 Å². The fourth-order valence-electron chi connectivity index (χ4n) is 0.285. The van der Waals surface area contributed by atoms with Gasteiger partial charge in [0, 0.05) is 0 Å². The first kappa shape index (κ1) is 14.7. The maximum Gasteiger partial charge on any atom is 1.00 e. The average molecular weight is 218 g/mol. The van der Waals surface area contributed by atoms with Gasteiger partial charge in [-0.2, -0.15) is 0 Å². The van der Waals surface area contributed by atoms with Crippen LogP contribution in [0.5, 0.6) is 0 Å². The Labute approximate surface area is 118 Å². The Morgan fingerprint density at radius 1 is 1.55 bits per heavy atom. The zero-order valence-electron chi connectivity index (χ0n) is 6.09. The molecule has 0 heterocycles. The van der Waals surface area contributed by atoms with Gasteiger partial charge < -0.3 is 35.4 Å². The van der Waals surface area contributed by atoms with Gasteiger partial charge in [0.25, 0.3) is 0 Å². The van der Waals surface area contributed by atoms with E-state index >= 15 is 0 Å². The van der Waals surface area contributed by atoms with Crippen LogP contribution in [-0.4, -0.2) is 21.9 Å². The van der Waals surface area contributed by atoms with Crippen LogP contribution in [0.1, 0.15) is 6.42 Å². The second-order valence-electron chi connectivity index (χ2n) is 1.43. The zero-order valence-corrected chi connectivity index (χ0v) is 10.8. The molecule has 0 rings (SSSR count). The number of hydrazine groups is 1. The summed E-state index contributed by atoms with van der Waals surface area (Å²) in [5, 5.41) is 8.25. The summed E-state index contributed by atoms with van der Waals surface area (Å²) in [6, 6.07) is 0. The van der Waals surface area contributed by atoms with E-state index in [4.69, 9.17) is 5.11 Å². The average Bonchev–Trinajstić information content (AvgIpc) is 1.85. The molecule has 0 bridgehead atoms. The molecular weight excluding hydrogens is 211 g/mol. The summed E-state index contributed by atoms with van der Waals surface area (Å²) in [5.74, 6) is -0.338. The van der Waals surface area contributed by atoms with Crippen molar-refractivity contribution in [1.82, 2.24) is 10.9 Å². The molecule has 4 nitrogen and oxygen atoms in total. The first-order valence-corrected chi connectivity index (χ1v) is 3.35. The summed E-state index contributed by atoms with van der Waals surface area (Å²) in [5.41, 5.74) is 4.45. The molecular formula is C4H7KN2O2S2. The third kappa shape index (κ3) is 11.2. The van der Waals surface area contributed by atoms with E-state index in [1.807, 2.05) is 0 Å². The summed E-state index contributed by atoms with van der Waals surface area (Å²) in [6.45, 7) is -0.183. The molecule has 0 aliphatic carbocycles. The quantitative estimate of drug-likeness (QED) is 0.190. The SMILES string of the molecule is O=C(CCO)NNC(=S)[S-].[K+]. The number of aliphatic hydroxyl groups is 1. The Bertz CT molecular complexity index is 144. The van der Waals surface area contributed by atoms with Crippen molar-refractivity contribution in [2.24, 2.45) is 0 Å². The number of carbonyl (C=O) groups excluding carboxylic acids is 1. The molecule has 11 heavy (non-hydrogen) atoms. The molecule has 58 valence electrons. The predicted molar refractivity (Wildman–Crippen MR) is 42.9 cm³/mol. The van der Waals surface area contributed by atoms with Gasteiger partial charge >= 0.3 is 51.4 Å². The van der Waals surface area contributed by atoms with Crippen LogP contribution in [0.3, 0.4) is 0 Å². The van der Waals surface area contributed by atoms with Gasteiger partial charge in [0.15, 0.2) is 0 Å². The Morgan fingerprint density at radius 2 is 2.09 bits per heavy atom. The number of thiocarbonyl (C=S) groups is 1. The molecule has 0 radical (unpaired) electrons. The van der Waals surface area contributed by atoms with E-state index in [2.05, 4.69) is 35.7 Å². The topological polar surface area (TPSA) is 61.4 Å². The monoisotopic (exact) mass is 218 g/mol. The molecule has 3 N–H and O–H groups in total. The maximum absolute atomic E-state index is 10.5. The van der Waals surface area contributed by atoms with Crippen LogP contribution in [0.15, 0.2) is 0 Å². The van der Waals surface area contributed by atoms with Crippen LogP contribution < -0.4 is 62.2 Å². The number of carbonyl (C=O) groups is 1. The Kier molecular flexibility index (Phi) is 12.4. The molecule has 0 atom stereocenters. The van der Waals surface area contributed by atoms with E-state index in [-0.39, 0.29) is 74.6 Å². The largest absolute Gasteiger partial charge is 1.00 e. The summed E-state index contributed by atoms with van der Waals surface area (Å²) < 4.78 is 0.0753. The molecule has 0 aliphatic heterocycles. The molecule has 7 heteroatoms. The van der Waals surface area contributed by atoms with Crippen molar-refractivity contribution in [3.05, 3.63) is 0 Å². The van der Waals surface area contributed by atoms with E-state index in [1.165, 1.54) is 0 Å². The van der Waals surface area contributed by atoms with Crippen LogP contribution in [0.25, 0.3) is 0 Å². The predicted octanol–water partition coefficient (Wildman–Crippen LogP) is -4.17.